The maximum atomic E-state index is 11.7. The van der Waals surface area contributed by atoms with E-state index in [2.05, 4.69) is 19.9 Å². The van der Waals surface area contributed by atoms with Crippen molar-refractivity contribution < 1.29 is 4.79 Å². The first-order chi connectivity index (χ1) is 7.35. The Morgan fingerprint density at radius 1 is 1.56 bits per heavy atom. The van der Waals surface area contributed by atoms with Crippen LogP contribution in [0.2, 0.25) is 0 Å². The van der Waals surface area contributed by atoms with E-state index in [4.69, 9.17) is 5.26 Å². The molecule has 0 aromatic heterocycles. The molecule has 90 valence electrons. The van der Waals surface area contributed by atoms with Crippen molar-refractivity contribution in [1.82, 2.24) is 4.90 Å². The maximum absolute atomic E-state index is 11.7. The molecule has 0 saturated carbocycles. The third-order valence-corrected chi connectivity index (χ3v) is 3.50. The predicted octanol–water partition coefficient (Wildman–Crippen LogP) is 2.43. The highest BCUT2D eigenvalue weighted by atomic mass is 16.2. The molecule has 16 heavy (non-hydrogen) atoms. The molecule has 0 spiro atoms. The summed E-state index contributed by atoms with van der Waals surface area (Å²) in [6.45, 7) is 9.78. The summed E-state index contributed by atoms with van der Waals surface area (Å²) in [5, 5.41) is 8.92. The van der Waals surface area contributed by atoms with Crippen LogP contribution < -0.4 is 0 Å². The zero-order chi connectivity index (χ0) is 12.3. The zero-order valence-electron chi connectivity index (χ0n) is 10.8. The van der Waals surface area contributed by atoms with Crippen LogP contribution in [0.4, 0.5) is 0 Å². The van der Waals surface area contributed by atoms with Crippen molar-refractivity contribution in [3.8, 4) is 6.07 Å². The number of amides is 1. The fourth-order valence-corrected chi connectivity index (χ4v) is 1.94. The van der Waals surface area contributed by atoms with Crippen LogP contribution in [-0.2, 0) is 4.79 Å². The first-order valence-corrected chi connectivity index (χ1v) is 6.05. The minimum Gasteiger partial charge on any atom is -0.342 e. The van der Waals surface area contributed by atoms with Gasteiger partial charge in [-0.15, -0.1) is 0 Å². The van der Waals surface area contributed by atoms with Gasteiger partial charge in [0, 0.05) is 19.5 Å². The molecule has 0 aliphatic carbocycles. The van der Waals surface area contributed by atoms with E-state index in [1.807, 2.05) is 18.7 Å². The van der Waals surface area contributed by atoms with Crippen LogP contribution in [0.5, 0.6) is 0 Å². The molecule has 0 aromatic carbocycles. The van der Waals surface area contributed by atoms with Crippen LogP contribution in [0.3, 0.4) is 0 Å². The van der Waals surface area contributed by atoms with E-state index in [1.54, 1.807) is 0 Å². The van der Waals surface area contributed by atoms with Gasteiger partial charge in [0.25, 0.3) is 0 Å². The van der Waals surface area contributed by atoms with Gasteiger partial charge in [0.15, 0.2) is 0 Å². The third kappa shape index (κ3) is 3.23. The van der Waals surface area contributed by atoms with Crippen LogP contribution in [0, 0.1) is 28.6 Å². The van der Waals surface area contributed by atoms with Crippen LogP contribution in [0.15, 0.2) is 0 Å². The second-order valence-corrected chi connectivity index (χ2v) is 5.79. The van der Waals surface area contributed by atoms with Gasteiger partial charge in [-0.1, -0.05) is 13.8 Å². The Labute approximate surface area is 98.4 Å². The van der Waals surface area contributed by atoms with E-state index in [0.717, 1.165) is 19.5 Å². The highest BCUT2D eigenvalue weighted by Crippen LogP contribution is 2.27. The lowest BCUT2D eigenvalue weighted by Crippen LogP contribution is -2.29. The monoisotopic (exact) mass is 222 g/mol. The average Bonchev–Trinajstić information content (AvgIpc) is 2.57. The lowest BCUT2D eigenvalue weighted by atomic mass is 9.91. The van der Waals surface area contributed by atoms with Crippen molar-refractivity contribution in [2.45, 2.75) is 40.5 Å². The van der Waals surface area contributed by atoms with E-state index < -0.39 is 0 Å². The normalized spacial score (nSPS) is 21.6. The molecule has 1 rings (SSSR count). The molecule has 0 bridgehead atoms. The van der Waals surface area contributed by atoms with Crippen LogP contribution in [-0.4, -0.2) is 23.9 Å². The Morgan fingerprint density at radius 2 is 2.19 bits per heavy atom. The summed E-state index contributed by atoms with van der Waals surface area (Å²) in [7, 11) is 0. The van der Waals surface area contributed by atoms with E-state index >= 15 is 0 Å². The van der Waals surface area contributed by atoms with Gasteiger partial charge in [-0.3, -0.25) is 4.79 Å². The second-order valence-electron chi connectivity index (χ2n) is 5.79. The van der Waals surface area contributed by atoms with E-state index in [-0.39, 0.29) is 11.3 Å². The fourth-order valence-electron chi connectivity index (χ4n) is 1.94. The first kappa shape index (κ1) is 13.0. The van der Waals surface area contributed by atoms with Crippen molar-refractivity contribution >= 4 is 5.91 Å². The fraction of sp³-hybridized carbons (Fsp3) is 0.846. The molecule has 1 aliphatic heterocycles. The third-order valence-electron chi connectivity index (χ3n) is 3.50. The summed E-state index contributed by atoms with van der Waals surface area (Å²) in [6.07, 6.45) is 1.45. The Hall–Kier alpha value is -1.04. The van der Waals surface area contributed by atoms with Gasteiger partial charge in [-0.05, 0) is 32.1 Å². The minimum atomic E-state index is -0.323. The number of carbonyl (C=O) groups is 1. The molecule has 3 nitrogen and oxygen atoms in total. The van der Waals surface area contributed by atoms with Crippen molar-refractivity contribution in [1.29, 1.82) is 5.26 Å². The summed E-state index contributed by atoms with van der Waals surface area (Å²) >= 11 is 0. The molecule has 1 saturated heterocycles. The summed E-state index contributed by atoms with van der Waals surface area (Å²) in [5.74, 6) is 1.32. The number of carbonyl (C=O) groups excluding carboxylic acids is 1. The Kier molecular flexibility index (Phi) is 3.96. The molecule has 1 amide bonds. The summed E-state index contributed by atoms with van der Waals surface area (Å²) in [4.78, 5) is 13.7. The quantitative estimate of drug-likeness (QED) is 0.733. The Balaban J connectivity index is 2.46. The van der Waals surface area contributed by atoms with Gasteiger partial charge in [-0.2, -0.15) is 5.26 Å². The lowest BCUT2D eigenvalue weighted by molar-refractivity contribution is -0.127. The second kappa shape index (κ2) is 4.86. The minimum absolute atomic E-state index is 0.257. The first-order valence-electron chi connectivity index (χ1n) is 6.05. The average molecular weight is 222 g/mol. The van der Waals surface area contributed by atoms with Gasteiger partial charge < -0.3 is 4.90 Å². The Morgan fingerprint density at radius 3 is 2.62 bits per heavy atom. The van der Waals surface area contributed by atoms with Crippen LogP contribution in [0.1, 0.15) is 40.5 Å². The summed E-state index contributed by atoms with van der Waals surface area (Å²) in [6, 6.07) is 2.28. The van der Waals surface area contributed by atoms with Crippen molar-refractivity contribution in [3.05, 3.63) is 0 Å². The van der Waals surface area contributed by atoms with Gasteiger partial charge in [0.1, 0.15) is 0 Å². The molecule has 1 aliphatic rings. The van der Waals surface area contributed by atoms with Crippen LogP contribution >= 0.6 is 0 Å². The molecule has 0 aromatic rings. The molecule has 1 fully saturated rings. The number of nitriles is 1. The van der Waals surface area contributed by atoms with Crippen molar-refractivity contribution in [2.75, 3.05) is 13.1 Å². The zero-order valence-corrected chi connectivity index (χ0v) is 10.8. The highest BCUT2D eigenvalue weighted by molar-refractivity contribution is 5.78. The van der Waals surface area contributed by atoms with Crippen LogP contribution in [0.25, 0.3) is 0 Å². The van der Waals surface area contributed by atoms with Crippen molar-refractivity contribution in [2.24, 2.45) is 17.3 Å². The lowest BCUT2D eigenvalue weighted by Gasteiger charge is -2.22. The summed E-state index contributed by atoms with van der Waals surface area (Å²) < 4.78 is 0. The van der Waals surface area contributed by atoms with Gasteiger partial charge in [-0.25, -0.2) is 0 Å². The number of nitrogens with zero attached hydrogens (tertiary/aromatic N) is 2. The molecule has 3 heteroatoms. The largest absolute Gasteiger partial charge is 0.342 e. The topological polar surface area (TPSA) is 44.1 Å². The molecule has 0 N–H and O–H groups in total. The number of rotatable bonds is 4. The molecular formula is C13H22N2O. The highest BCUT2D eigenvalue weighted by Gasteiger charge is 2.32. The molecule has 1 heterocycles. The summed E-state index contributed by atoms with van der Waals surface area (Å²) in [5.41, 5.74) is -0.323. The van der Waals surface area contributed by atoms with E-state index in [1.165, 1.54) is 0 Å². The standard InChI is InChI=1S/C13H22N2O/c1-10(2)11-7-12(16)15(8-11)6-5-13(3,4)9-14/h10-11H,5-8H2,1-4H3. The van der Waals surface area contributed by atoms with Gasteiger partial charge in [0.2, 0.25) is 5.91 Å². The van der Waals surface area contributed by atoms with Gasteiger partial charge >= 0.3 is 0 Å². The number of likely N-dealkylation sites (tertiary alicyclic amines) is 1. The SMILES string of the molecule is CC(C)C1CC(=O)N(CCC(C)(C)C#N)C1. The Bertz CT molecular complexity index is 302. The van der Waals surface area contributed by atoms with Crippen molar-refractivity contribution in [3.63, 3.8) is 0 Å². The molecule has 0 radical (unpaired) electrons. The maximum Gasteiger partial charge on any atom is 0.222 e. The predicted molar refractivity (Wildman–Crippen MR) is 63.5 cm³/mol. The number of hydrogen-bond acceptors (Lipinski definition) is 2. The molecule has 1 atom stereocenters. The van der Waals surface area contributed by atoms with E-state index in [0.29, 0.717) is 18.3 Å². The van der Waals surface area contributed by atoms with Gasteiger partial charge in [0.05, 0.1) is 11.5 Å². The molecular weight excluding hydrogens is 200 g/mol. The number of hydrogen-bond donors (Lipinski definition) is 0. The smallest absolute Gasteiger partial charge is 0.222 e. The van der Waals surface area contributed by atoms with E-state index in [9.17, 15) is 4.79 Å². The molecule has 1 unspecified atom stereocenters.